The third kappa shape index (κ3) is 2.67. The number of ether oxygens (including phenoxy) is 1. The van der Waals surface area contributed by atoms with Crippen molar-refractivity contribution >= 4 is 0 Å². The van der Waals surface area contributed by atoms with Crippen molar-refractivity contribution in [2.45, 2.75) is 38.9 Å². The molecule has 1 aromatic rings. The van der Waals surface area contributed by atoms with Crippen molar-refractivity contribution in [3.8, 4) is 0 Å². The molecule has 0 aromatic heterocycles. The van der Waals surface area contributed by atoms with Gasteiger partial charge in [-0.1, -0.05) is 13.0 Å². The molecule has 1 N–H and O–H groups in total. The molecule has 0 amide bonds. The Bertz CT molecular complexity index is 407. The second-order valence-electron chi connectivity index (χ2n) is 5.04. The van der Waals surface area contributed by atoms with Crippen LogP contribution in [0.4, 0.5) is 4.39 Å². The molecule has 2 unspecified atom stereocenters. The van der Waals surface area contributed by atoms with E-state index in [9.17, 15) is 4.39 Å². The quantitative estimate of drug-likeness (QED) is 0.854. The summed E-state index contributed by atoms with van der Waals surface area (Å²) in [4.78, 5) is 0. The summed E-state index contributed by atoms with van der Waals surface area (Å²) in [5, 5.41) is 3.40. The molecular formula is C14H20FNO. The van der Waals surface area contributed by atoms with E-state index in [1.165, 1.54) is 6.07 Å². The van der Waals surface area contributed by atoms with Gasteiger partial charge in [0.15, 0.2) is 0 Å². The number of morpholine rings is 1. The standard InChI is InChI=1S/C14H20FNO/c1-4-14(3)9-16-8-13(17-14)12-6-5-11(15)7-10(12)2/h5-7,13,16H,4,8-9H2,1-3H3. The van der Waals surface area contributed by atoms with Gasteiger partial charge in [-0.15, -0.1) is 0 Å². The first-order chi connectivity index (χ1) is 8.04. The van der Waals surface area contributed by atoms with Gasteiger partial charge in [0.1, 0.15) is 5.82 Å². The van der Waals surface area contributed by atoms with Gasteiger partial charge < -0.3 is 10.1 Å². The van der Waals surface area contributed by atoms with Gasteiger partial charge in [-0.25, -0.2) is 4.39 Å². The van der Waals surface area contributed by atoms with E-state index in [1.54, 1.807) is 6.07 Å². The highest BCUT2D eigenvalue weighted by Crippen LogP contribution is 2.30. The fraction of sp³-hybridized carbons (Fsp3) is 0.571. The van der Waals surface area contributed by atoms with Crippen LogP contribution in [0.5, 0.6) is 0 Å². The summed E-state index contributed by atoms with van der Waals surface area (Å²) in [5.41, 5.74) is 1.92. The number of hydrogen-bond donors (Lipinski definition) is 1. The fourth-order valence-corrected chi connectivity index (χ4v) is 2.28. The van der Waals surface area contributed by atoms with Crippen LogP contribution in [0, 0.1) is 12.7 Å². The Labute approximate surface area is 102 Å². The summed E-state index contributed by atoms with van der Waals surface area (Å²) in [5.74, 6) is -0.187. The Hall–Kier alpha value is -0.930. The number of halogens is 1. The van der Waals surface area contributed by atoms with Gasteiger partial charge in [-0.3, -0.25) is 0 Å². The molecular weight excluding hydrogens is 217 g/mol. The first kappa shape index (κ1) is 12.5. The first-order valence-electron chi connectivity index (χ1n) is 6.19. The van der Waals surface area contributed by atoms with Gasteiger partial charge in [0.25, 0.3) is 0 Å². The minimum absolute atomic E-state index is 0.0225. The predicted octanol–water partition coefficient (Wildman–Crippen LogP) is 2.96. The molecule has 1 aliphatic rings. The van der Waals surface area contributed by atoms with Crippen molar-refractivity contribution in [2.75, 3.05) is 13.1 Å². The summed E-state index contributed by atoms with van der Waals surface area (Å²) in [6.07, 6.45) is 0.991. The van der Waals surface area contributed by atoms with Crippen molar-refractivity contribution < 1.29 is 9.13 Å². The minimum atomic E-state index is -0.187. The third-order valence-electron chi connectivity index (χ3n) is 3.58. The van der Waals surface area contributed by atoms with Crippen molar-refractivity contribution in [3.63, 3.8) is 0 Å². The SMILES string of the molecule is CCC1(C)CNCC(c2ccc(F)cc2C)O1. The molecule has 1 fully saturated rings. The molecule has 0 bridgehead atoms. The molecule has 1 aliphatic heterocycles. The number of rotatable bonds is 2. The van der Waals surface area contributed by atoms with E-state index < -0.39 is 0 Å². The lowest BCUT2D eigenvalue weighted by Gasteiger charge is -2.39. The molecule has 1 heterocycles. The zero-order valence-electron chi connectivity index (χ0n) is 10.7. The Balaban J connectivity index is 2.22. The summed E-state index contributed by atoms with van der Waals surface area (Å²) in [7, 11) is 0. The largest absolute Gasteiger partial charge is 0.365 e. The minimum Gasteiger partial charge on any atom is -0.365 e. The Morgan fingerprint density at radius 3 is 2.94 bits per heavy atom. The lowest BCUT2D eigenvalue weighted by Crippen LogP contribution is -2.48. The highest BCUT2D eigenvalue weighted by molar-refractivity contribution is 5.29. The van der Waals surface area contributed by atoms with Crippen molar-refractivity contribution in [1.29, 1.82) is 0 Å². The van der Waals surface area contributed by atoms with E-state index in [0.717, 1.165) is 30.6 Å². The second-order valence-corrected chi connectivity index (χ2v) is 5.04. The van der Waals surface area contributed by atoms with Gasteiger partial charge in [0.05, 0.1) is 11.7 Å². The second kappa shape index (κ2) is 4.75. The smallest absolute Gasteiger partial charge is 0.123 e. The van der Waals surface area contributed by atoms with Crippen LogP contribution in [0.1, 0.15) is 37.5 Å². The number of aryl methyl sites for hydroxylation is 1. The zero-order chi connectivity index (χ0) is 12.5. The predicted molar refractivity (Wildman–Crippen MR) is 66.5 cm³/mol. The number of benzene rings is 1. The van der Waals surface area contributed by atoms with Crippen LogP contribution in [-0.4, -0.2) is 18.7 Å². The molecule has 94 valence electrons. The molecule has 2 atom stereocenters. The normalized spacial score (nSPS) is 29.3. The monoisotopic (exact) mass is 237 g/mol. The molecule has 0 radical (unpaired) electrons. The Morgan fingerprint density at radius 1 is 1.53 bits per heavy atom. The molecule has 2 rings (SSSR count). The molecule has 3 heteroatoms. The van der Waals surface area contributed by atoms with Gasteiger partial charge in [-0.05, 0) is 43.5 Å². The van der Waals surface area contributed by atoms with E-state index >= 15 is 0 Å². The van der Waals surface area contributed by atoms with Crippen LogP contribution < -0.4 is 5.32 Å². The van der Waals surface area contributed by atoms with Crippen LogP contribution in [0.2, 0.25) is 0 Å². The maximum absolute atomic E-state index is 13.1. The molecule has 1 saturated heterocycles. The van der Waals surface area contributed by atoms with Crippen LogP contribution in [0.3, 0.4) is 0 Å². The van der Waals surface area contributed by atoms with E-state index in [2.05, 4.69) is 19.2 Å². The summed E-state index contributed by atoms with van der Waals surface area (Å²) >= 11 is 0. The lowest BCUT2D eigenvalue weighted by molar-refractivity contribution is -0.109. The first-order valence-corrected chi connectivity index (χ1v) is 6.19. The lowest BCUT2D eigenvalue weighted by atomic mass is 9.96. The van der Waals surface area contributed by atoms with E-state index in [4.69, 9.17) is 4.74 Å². The molecule has 17 heavy (non-hydrogen) atoms. The van der Waals surface area contributed by atoms with Crippen LogP contribution in [0.25, 0.3) is 0 Å². The summed E-state index contributed by atoms with van der Waals surface area (Å²) in [6.45, 7) is 7.84. The summed E-state index contributed by atoms with van der Waals surface area (Å²) in [6, 6.07) is 4.90. The third-order valence-corrected chi connectivity index (χ3v) is 3.58. The van der Waals surface area contributed by atoms with Crippen LogP contribution in [0.15, 0.2) is 18.2 Å². The van der Waals surface area contributed by atoms with E-state index in [1.807, 2.05) is 13.0 Å². The van der Waals surface area contributed by atoms with Crippen molar-refractivity contribution in [3.05, 3.63) is 35.1 Å². The van der Waals surface area contributed by atoms with Gasteiger partial charge in [0.2, 0.25) is 0 Å². The van der Waals surface area contributed by atoms with E-state index in [0.29, 0.717) is 0 Å². The van der Waals surface area contributed by atoms with Gasteiger partial charge in [-0.2, -0.15) is 0 Å². The number of hydrogen-bond acceptors (Lipinski definition) is 2. The average Bonchev–Trinajstić information content (AvgIpc) is 2.29. The highest BCUT2D eigenvalue weighted by atomic mass is 19.1. The molecule has 1 aromatic carbocycles. The molecule has 0 spiro atoms. The molecule has 0 saturated carbocycles. The maximum Gasteiger partial charge on any atom is 0.123 e. The van der Waals surface area contributed by atoms with Crippen LogP contribution in [-0.2, 0) is 4.74 Å². The topological polar surface area (TPSA) is 21.3 Å². The van der Waals surface area contributed by atoms with Gasteiger partial charge in [0, 0.05) is 13.1 Å². The molecule has 2 nitrogen and oxygen atoms in total. The van der Waals surface area contributed by atoms with E-state index in [-0.39, 0.29) is 17.5 Å². The highest BCUT2D eigenvalue weighted by Gasteiger charge is 2.32. The van der Waals surface area contributed by atoms with Crippen molar-refractivity contribution in [2.24, 2.45) is 0 Å². The fourth-order valence-electron chi connectivity index (χ4n) is 2.28. The summed E-state index contributed by atoms with van der Waals surface area (Å²) < 4.78 is 19.2. The average molecular weight is 237 g/mol. The van der Waals surface area contributed by atoms with Gasteiger partial charge >= 0.3 is 0 Å². The Morgan fingerprint density at radius 2 is 2.29 bits per heavy atom. The van der Waals surface area contributed by atoms with Crippen LogP contribution >= 0.6 is 0 Å². The zero-order valence-corrected chi connectivity index (χ0v) is 10.7. The maximum atomic E-state index is 13.1. The molecule has 0 aliphatic carbocycles. The number of nitrogens with one attached hydrogen (secondary N) is 1. The Kier molecular flexibility index (Phi) is 3.50. The van der Waals surface area contributed by atoms with Crippen molar-refractivity contribution in [1.82, 2.24) is 5.32 Å².